The molecule has 136 valence electrons. The minimum Gasteiger partial charge on any atom is -0.444 e. The monoisotopic (exact) mass is 363 g/mol. The molecular weight excluding hydrogens is 338 g/mol. The van der Waals surface area contributed by atoms with Gasteiger partial charge in [-0.25, -0.2) is 9.78 Å². The normalized spacial score (nSPS) is 18.6. The van der Waals surface area contributed by atoms with Gasteiger partial charge >= 0.3 is 6.09 Å². The molecule has 2 aromatic rings. The number of ether oxygens (including phenoxy) is 1. The van der Waals surface area contributed by atoms with Gasteiger partial charge in [0.2, 0.25) is 0 Å². The highest BCUT2D eigenvalue weighted by molar-refractivity contribution is 6.16. The van der Waals surface area contributed by atoms with Crippen molar-refractivity contribution in [3.8, 4) is 0 Å². The molecule has 1 atom stereocenters. The van der Waals surface area contributed by atoms with Gasteiger partial charge in [-0.3, -0.25) is 0 Å². The maximum atomic E-state index is 12.4. The molecule has 1 aromatic heterocycles. The van der Waals surface area contributed by atoms with Crippen molar-refractivity contribution in [2.24, 2.45) is 5.92 Å². The van der Waals surface area contributed by atoms with Crippen LogP contribution < -0.4 is 0 Å². The molecule has 1 aliphatic heterocycles. The zero-order chi connectivity index (χ0) is 18.0. The first-order valence-electron chi connectivity index (χ1n) is 8.85. The van der Waals surface area contributed by atoms with Crippen molar-refractivity contribution in [2.45, 2.75) is 51.6 Å². The second-order valence-electron chi connectivity index (χ2n) is 7.70. The summed E-state index contributed by atoms with van der Waals surface area (Å²) in [5.74, 6) is 1.65. The van der Waals surface area contributed by atoms with Gasteiger partial charge in [-0.15, -0.1) is 11.6 Å². The number of rotatable bonds is 3. The number of piperidine rings is 1. The lowest BCUT2D eigenvalue weighted by Gasteiger charge is -2.34. The molecule has 0 radical (unpaired) electrons. The van der Waals surface area contributed by atoms with Crippen LogP contribution in [0.15, 0.2) is 24.3 Å². The van der Waals surface area contributed by atoms with Crippen molar-refractivity contribution in [1.82, 2.24) is 14.5 Å². The fourth-order valence-electron chi connectivity index (χ4n) is 3.40. The summed E-state index contributed by atoms with van der Waals surface area (Å²) in [5, 5.41) is 0. The molecule has 1 aliphatic rings. The zero-order valence-corrected chi connectivity index (χ0v) is 15.9. The van der Waals surface area contributed by atoms with Crippen LogP contribution in [-0.4, -0.2) is 39.2 Å². The minimum atomic E-state index is -0.462. The second kappa shape index (κ2) is 7.24. The van der Waals surface area contributed by atoms with E-state index in [1.807, 2.05) is 43.9 Å². The van der Waals surface area contributed by atoms with Crippen molar-refractivity contribution in [2.75, 3.05) is 13.1 Å². The summed E-state index contributed by atoms with van der Waals surface area (Å²) in [7, 11) is 0. The van der Waals surface area contributed by atoms with Gasteiger partial charge in [-0.05, 0) is 51.7 Å². The topological polar surface area (TPSA) is 47.4 Å². The standard InChI is InChI=1S/C19H26ClN3O2/c1-19(2,3)25-18(24)22-10-6-7-14(12-22)13-23-16-9-5-4-8-15(16)21-17(23)11-20/h4-5,8-9,14H,6-7,10-13H2,1-3H3/t14-/m1/s1. The van der Waals surface area contributed by atoms with E-state index in [4.69, 9.17) is 16.3 Å². The summed E-state index contributed by atoms with van der Waals surface area (Å²) < 4.78 is 7.72. The Bertz CT molecular complexity index is 751. The number of para-hydroxylation sites is 2. The highest BCUT2D eigenvalue weighted by atomic mass is 35.5. The van der Waals surface area contributed by atoms with Crippen LogP contribution in [0, 0.1) is 5.92 Å². The average molecular weight is 364 g/mol. The Kier molecular flexibility index (Phi) is 5.23. The van der Waals surface area contributed by atoms with E-state index >= 15 is 0 Å². The third-order valence-corrected chi connectivity index (χ3v) is 4.70. The number of alkyl halides is 1. The van der Waals surface area contributed by atoms with Crippen LogP contribution in [-0.2, 0) is 17.2 Å². The lowest BCUT2D eigenvalue weighted by Crippen LogP contribution is -2.43. The molecule has 1 saturated heterocycles. The molecule has 0 N–H and O–H groups in total. The van der Waals surface area contributed by atoms with Gasteiger partial charge < -0.3 is 14.2 Å². The van der Waals surface area contributed by atoms with Gasteiger partial charge in [-0.2, -0.15) is 0 Å². The van der Waals surface area contributed by atoms with Crippen molar-refractivity contribution < 1.29 is 9.53 Å². The third-order valence-electron chi connectivity index (χ3n) is 4.46. The Hall–Kier alpha value is -1.75. The van der Waals surface area contributed by atoms with Gasteiger partial charge in [0.05, 0.1) is 16.9 Å². The molecule has 1 aromatic carbocycles. The summed E-state index contributed by atoms with van der Waals surface area (Å²) in [5.41, 5.74) is 1.61. The van der Waals surface area contributed by atoms with E-state index in [0.717, 1.165) is 42.8 Å². The number of aromatic nitrogens is 2. The lowest BCUT2D eigenvalue weighted by molar-refractivity contribution is 0.0157. The Morgan fingerprint density at radius 3 is 2.84 bits per heavy atom. The Morgan fingerprint density at radius 1 is 1.36 bits per heavy atom. The highest BCUT2D eigenvalue weighted by Crippen LogP contribution is 2.24. The molecule has 5 nitrogen and oxygen atoms in total. The molecule has 25 heavy (non-hydrogen) atoms. The van der Waals surface area contributed by atoms with Crippen LogP contribution in [0.5, 0.6) is 0 Å². The first kappa shape index (κ1) is 18.1. The molecule has 0 saturated carbocycles. The molecule has 2 heterocycles. The predicted octanol–water partition coefficient (Wildman–Crippen LogP) is 4.42. The van der Waals surface area contributed by atoms with Crippen molar-refractivity contribution in [3.63, 3.8) is 0 Å². The molecule has 3 rings (SSSR count). The predicted molar refractivity (Wildman–Crippen MR) is 99.8 cm³/mol. The second-order valence-corrected chi connectivity index (χ2v) is 7.96. The number of hydrogen-bond acceptors (Lipinski definition) is 3. The number of fused-ring (bicyclic) bond motifs is 1. The molecule has 0 spiro atoms. The van der Waals surface area contributed by atoms with E-state index in [1.165, 1.54) is 0 Å². The number of amides is 1. The molecule has 0 unspecified atom stereocenters. The molecular formula is C19H26ClN3O2. The number of likely N-dealkylation sites (tertiary alicyclic amines) is 1. The summed E-state index contributed by atoms with van der Waals surface area (Å²) >= 11 is 6.11. The zero-order valence-electron chi connectivity index (χ0n) is 15.2. The van der Waals surface area contributed by atoms with Crippen molar-refractivity contribution >= 4 is 28.7 Å². The summed E-state index contributed by atoms with van der Waals surface area (Å²) in [6.45, 7) is 7.99. The molecule has 0 bridgehead atoms. The van der Waals surface area contributed by atoms with Crippen molar-refractivity contribution in [1.29, 1.82) is 0 Å². The Morgan fingerprint density at radius 2 is 2.12 bits per heavy atom. The number of hydrogen-bond donors (Lipinski definition) is 0. The number of carbonyl (C=O) groups excluding carboxylic acids is 1. The van der Waals surface area contributed by atoms with Crippen LogP contribution in [0.2, 0.25) is 0 Å². The maximum absolute atomic E-state index is 12.4. The van der Waals surface area contributed by atoms with Gasteiger partial charge in [0.1, 0.15) is 11.4 Å². The van der Waals surface area contributed by atoms with Crippen LogP contribution in [0.4, 0.5) is 4.79 Å². The van der Waals surface area contributed by atoms with Crippen LogP contribution in [0.1, 0.15) is 39.4 Å². The van der Waals surface area contributed by atoms with Gasteiger partial charge in [0, 0.05) is 19.6 Å². The van der Waals surface area contributed by atoms with Crippen LogP contribution in [0.25, 0.3) is 11.0 Å². The third kappa shape index (κ3) is 4.27. The Labute approximate surface area is 153 Å². The van der Waals surface area contributed by atoms with Gasteiger partial charge in [-0.1, -0.05) is 12.1 Å². The molecule has 6 heteroatoms. The van der Waals surface area contributed by atoms with Gasteiger partial charge in [0.25, 0.3) is 0 Å². The fourth-order valence-corrected chi connectivity index (χ4v) is 3.60. The maximum Gasteiger partial charge on any atom is 0.410 e. The molecule has 1 amide bonds. The summed E-state index contributed by atoms with van der Waals surface area (Å²) in [6.07, 6.45) is 1.87. The van der Waals surface area contributed by atoms with E-state index in [1.54, 1.807) is 0 Å². The minimum absolute atomic E-state index is 0.217. The SMILES string of the molecule is CC(C)(C)OC(=O)N1CCC[C@@H](Cn2c(CCl)nc3ccccc32)C1. The molecule has 1 fully saturated rings. The van der Waals surface area contributed by atoms with Crippen LogP contribution in [0.3, 0.4) is 0 Å². The van der Waals surface area contributed by atoms with Crippen LogP contribution >= 0.6 is 11.6 Å². The lowest BCUT2D eigenvalue weighted by atomic mass is 9.98. The highest BCUT2D eigenvalue weighted by Gasteiger charge is 2.28. The van der Waals surface area contributed by atoms with E-state index in [0.29, 0.717) is 18.3 Å². The first-order chi connectivity index (χ1) is 11.9. The Balaban J connectivity index is 1.74. The quantitative estimate of drug-likeness (QED) is 0.758. The summed E-state index contributed by atoms with van der Waals surface area (Å²) in [6, 6.07) is 8.09. The fraction of sp³-hybridized carbons (Fsp3) is 0.579. The van der Waals surface area contributed by atoms with Crippen molar-refractivity contribution in [3.05, 3.63) is 30.1 Å². The summed E-state index contributed by atoms with van der Waals surface area (Å²) in [4.78, 5) is 18.8. The largest absolute Gasteiger partial charge is 0.444 e. The van der Waals surface area contributed by atoms with Gasteiger partial charge in [0.15, 0.2) is 0 Å². The smallest absolute Gasteiger partial charge is 0.410 e. The number of nitrogens with zero attached hydrogens (tertiary/aromatic N) is 3. The number of imidazole rings is 1. The molecule has 0 aliphatic carbocycles. The van der Waals surface area contributed by atoms with E-state index < -0.39 is 5.60 Å². The number of benzene rings is 1. The number of halogens is 1. The average Bonchev–Trinajstić information content (AvgIpc) is 2.91. The van der Waals surface area contributed by atoms with E-state index in [-0.39, 0.29) is 6.09 Å². The van der Waals surface area contributed by atoms with E-state index in [9.17, 15) is 4.79 Å². The number of carbonyl (C=O) groups is 1. The first-order valence-corrected chi connectivity index (χ1v) is 9.39. The van der Waals surface area contributed by atoms with E-state index in [2.05, 4.69) is 15.6 Å².